The highest BCUT2D eigenvalue weighted by molar-refractivity contribution is 6.58. The molecule has 2 heterocycles. The summed E-state index contributed by atoms with van der Waals surface area (Å²) in [5.74, 6) is -21.3. The van der Waals surface area contributed by atoms with Gasteiger partial charge in [0.15, 0.2) is 33.0 Å². The summed E-state index contributed by atoms with van der Waals surface area (Å²) >= 11 is 14.4. The van der Waals surface area contributed by atoms with Crippen LogP contribution in [0.2, 0.25) is 0 Å². The van der Waals surface area contributed by atoms with Crippen LogP contribution in [0.5, 0.6) is 23.0 Å². The molecule has 2 saturated heterocycles. The van der Waals surface area contributed by atoms with Gasteiger partial charge in [0.05, 0.1) is 38.9 Å². The van der Waals surface area contributed by atoms with Crippen LogP contribution in [0.15, 0.2) is 72.3 Å². The van der Waals surface area contributed by atoms with Crippen LogP contribution in [0.25, 0.3) is 12.2 Å². The molecule has 8 rings (SSSR count). The van der Waals surface area contributed by atoms with Crippen LogP contribution in [-0.4, -0.2) is 59.8 Å². The molecule has 60 heavy (non-hydrogen) atoms. The molecule has 0 bridgehead atoms. The molecule has 2 aliphatic heterocycles. The van der Waals surface area contributed by atoms with Gasteiger partial charge in [0.2, 0.25) is 17.6 Å². The van der Waals surface area contributed by atoms with Gasteiger partial charge in [0.1, 0.15) is 28.7 Å². The number of methoxy groups -OCH3 is 3. The number of nitrogens with zero attached hydrogens (tertiary/aromatic N) is 2. The minimum Gasteiger partial charge on any atom is -0.508 e. The van der Waals surface area contributed by atoms with Crippen LogP contribution in [-0.2, 0) is 19.2 Å². The molecule has 1 N–H and O–H groups in total. The Hall–Kier alpha value is -5.93. The standard InChI is InChI=1S/C43H31Cl2F5N2O8/c1-58-22-11-15-29(60-3)20(16-22)7-4-19-5-8-21(9-6-19)51-38(54)25-13-12-24-27(30(25)39(51)55)18-42(44)40(56)52(37-35(49)33(47)32(46)34(48)36(37)50)41(57)43(42,45)31(24)26-17-23(59-2)10-14-28(26)53/h4-12,14-17,25,27,30-31,53H,13,18H2,1-3H3/t25-,27+,30-,31+,42+,43-/m0/s1. The summed E-state index contributed by atoms with van der Waals surface area (Å²) < 4.78 is 90.1. The molecule has 0 radical (unpaired) electrons. The summed E-state index contributed by atoms with van der Waals surface area (Å²) in [7, 11) is 4.36. The average molecular weight is 870 g/mol. The molecule has 310 valence electrons. The van der Waals surface area contributed by atoms with E-state index in [4.69, 9.17) is 37.4 Å². The maximum Gasteiger partial charge on any atom is 0.258 e. The van der Waals surface area contributed by atoms with Crippen molar-refractivity contribution in [2.75, 3.05) is 31.1 Å². The number of carbonyl (C=O) groups is 4. The molecule has 1 saturated carbocycles. The Bertz CT molecular complexity index is 2580. The van der Waals surface area contributed by atoms with Crippen LogP contribution in [0.3, 0.4) is 0 Å². The number of phenolic OH excluding ortho intramolecular Hbond substituents is 1. The lowest BCUT2D eigenvalue weighted by atomic mass is 9.56. The fourth-order valence-corrected chi connectivity index (χ4v) is 9.87. The highest BCUT2D eigenvalue weighted by Crippen LogP contribution is 2.67. The van der Waals surface area contributed by atoms with Gasteiger partial charge in [-0.15, -0.1) is 23.2 Å². The molecule has 2 aliphatic carbocycles. The topological polar surface area (TPSA) is 123 Å². The number of hydrogen-bond acceptors (Lipinski definition) is 8. The molecule has 17 heteroatoms. The van der Waals surface area contributed by atoms with E-state index in [1.54, 1.807) is 54.6 Å². The molecular weight excluding hydrogens is 838 g/mol. The first kappa shape index (κ1) is 40.8. The Morgan fingerprint density at radius 3 is 1.97 bits per heavy atom. The lowest BCUT2D eigenvalue weighted by molar-refractivity contribution is -0.125. The zero-order chi connectivity index (χ0) is 43.2. The van der Waals surface area contributed by atoms with Crippen molar-refractivity contribution < 1.29 is 60.4 Å². The number of ether oxygens (including phenoxy) is 3. The highest BCUT2D eigenvalue weighted by Gasteiger charge is 2.77. The molecule has 0 unspecified atom stereocenters. The van der Waals surface area contributed by atoms with Crippen LogP contribution in [0.4, 0.5) is 33.3 Å². The van der Waals surface area contributed by atoms with Crippen molar-refractivity contribution in [3.05, 3.63) is 118 Å². The Morgan fingerprint density at radius 1 is 0.717 bits per heavy atom. The summed E-state index contributed by atoms with van der Waals surface area (Å²) in [5.41, 5.74) is -0.272. The minimum atomic E-state index is -2.81. The third-order valence-corrected chi connectivity index (χ3v) is 13.2. The Labute approximate surface area is 348 Å². The van der Waals surface area contributed by atoms with Gasteiger partial charge in [-0.1, -0.05) is 35.9 Å². The Balaban J connectivity index is 1.20. The number of allylic oxidation sites excluding steroid dienone is 2. The number of fused-ring (bicyclic) bond motifs is 4. The average Bonchev–Trinajstić information content (AvgIpc) is 3.59. The number of phenols is 1. The zero-order valence-corrected chi connectivity index (χ0v) is 33.1. The quantitative estimate of drug-likeness (QED) is 0.0359. The second-order valence-corrected chi connectivity index (χ2v) is 15.9. The zero-order valence-electron chi connectivity index (χ0n) is 31.6. The predicted molar refractivity (Wildman–Crippen MR) is 208 cm³/mol. The van der Waals surface area contributed by atoms with Gasteiger partial charge in [-0.2, -0.15) is 0 Å². The van der Waals surface area contributed by atoms with E-state index in [1.165, 1.54) is 45.6 Å². The number of alkyl halides is 2. The number of hydrogen-bond donors (Lipinski definition) is 1. The first-order valence-electron chi connectivity index (χ1n) is 18.3. The van der Waals surface area contributed by atoms with Crippen molar-refractivity contribution in [3.8, 4) is 23.0 Å². The molecule has 0 aromatic heterocycles. The van der Waals surface area contributed by atoms with Crippen molar-refractivity contribution in [1.82, 2.24) is 0 Å². The van der Waals surface area contributed by atoms with E-state index in [0.29, 0.717) is 17.1 Å². The van der Waals surface area contributed by atoms with Gasteiger partial charge in [-0.3, -0.25) is 24.1 Å². The van der Waals surface area contributed by atoms with E-state index in [9.17, 15) is 37.5 Å². The van der Waals surface area contributed by atoms with Crippen LogP contribution in [0, 0.1) is 46.8 Å². The Kier molecular flexibility index (Phi) is 9.98. The van der Waals surface area contributed by atoms with E-state index in [-0.39, 0.29) is 33.9 Å². The van der Waals surface area contributed by atoms with Gasteiger partial charge in [0.25, 0.3) is 11.8 Å². The van der Waals surface area contributed by atoms with Crippen molar-refractivity contribution >= 4 is 70.4 Å². The van der Waals surface area contributed by atoms with Crippen molar-refractivity contribution in [2.45, 2.75) is 28.5 Å². The number of rotatable bonds is 8. The normalized spacial score (nSPS) is 26.0. The van der Waals surface area contributed by atoms with Gasteiger partial charge < -0.3 is 19.3 Å². The second kappa shape index (κ2) is 14.7. The third kappa shape index (κ3) is 5.72. The van der Waals surface area contributed by atoms with E-state index in [2.05, 4.69) is 0 Å². The first-order valence-corrected chi connectivity index (χ1v) is 19.0. The smallest absolute Gasteiger partial charge is 0.258 e. The number of aromatic hydroxyl groups is 1. The van der Waals surface area contributed by atoms with Crippen LogP contribution < -0.4 is 24.0 Å². The molecule has 3 fully saturated rings. The molecule has 4 aromatic rings. The summed E-state index contributed by atoms with van der Waals surface area (Å²) in [6, 6.07) is 15.6. The molecule has 4 aromatic carbocycles. The van der Waals surface area contributed by atoms with Crippen LogP contribution in [0.1, 0.15) is 35.4 Å². The molecule has 4 amide bonds. The van der Waals surface area contributed by atoms with Crippen molar-refractivity contribution in [1.29, 1.82) is 0 Å². The van der Waals surface area contributed by atoms with Gasteiger partial charge >= 0.3 is 0 Å². The van der Waals surface area contributed by atoms with Crippen LogP contribution >= 0.6 is 23.2 Å². The number of anilines is 2. The number of benzene rings is 4. The molecule has 10 nitrogen and oxygen atoms in total. The fourth-order valence-electron chi connectivity index (χ4n) is 8.95. The van der Waals surface area contributed by atoms with E-state index < -0.39 is 104 Å². The summed E-state index contributed by atoms with van der Waals surface area (Å²) in [4.78, 5) is 52.8. The van der Waals surface area contributed by atoms with Gasteiger partial charge in [-0.05, 0) is 72.9 Å². The number of imide groups is 2. The maximum absolute atomic E-state index is 15.4. The SMILES string of the molecule is COc1ccc(OC)c(C=Cc2ccc(N3C(=O)[C@H]4[C@H](CC=C5[C@H]4C[C@@]4(Cl)C(=O)N(c6c(F)c(F)c(F)c(F)c6F)C(=O)[C@@]4(Cl)[C@H]5c4cc(OC)ccc4O)C3=O)cc2)c1. The summed E-state index contributed by atoms with van der Waals surface area (Å²) in [6.07, 6.45) is 4.32. The monoisotopic (exact) mass is 868 g/mol. The largest absolute Gasteiger partial charge is 0.508 e. The third-order valence-electron chi connectivity index (χ3n) is 11.8. The van der Waals surface area contributed by atoms with Crippen molar-refractivity contribution in [3.63, 3.8) is 0 Å². The summed E-state index contributed by atoms with van der Waals surface area (Å²) in [6.45, 7) is 0. The van der Waals surface area contributed by atoms with Crippen molar-refractivity contribution in [2.24, 2.45) is 17.8 Å². The number of amides is 4. The summed E-state index contributed by atoms with van der Waals surface area (Å²) in [5, 5.41) is 11.3. The Morgan fingerprint density at radius 2 is 1.33 bits per heavy atom. The van der Waals surface area contributed by atoms with E-state index in [0.717, 1.165) is 10.5 Å². The predicted octanol–water partition coefficient (Wildman–Crippen LogP) is 8.05. The molecule has 0 spiro atoms. The van der Waals surface area contributed by atoms with Gasteiger partial charge in [0, 0.05) is 17.0 Å². The first-order chi connectivity index (χ1) is 28.5. The number of carbonyl (C=O) groups excluding carboxylic acids is 4. The van der Waals surface area contributed by atoms with E-state index in [1.807, 2.05) is 0 Å². The molecule has 6 atom stereocenters. The lowest BCUT2D eigenvalue weighted by Gasteiger charge is -2.50. The number of halogens is 7. The second-order valence-electron chi connectivity index (χ2n) is 14.7. The minimum absolute atomic E-state index is 0.0895. The maximum atomic E-state index is 15.4. The van der Waals surface area contributed by atoms with E-state index >= 15 is 8.78 Å². The fraction of sp³-hybridized carbons (Fsp3) is 0.256. The molecular formula is C43H31Cl2F5N2O8. The lowest BCUT2D eigenvalue weighted by Crippen LogP contribution is -2.60. The van der Waals surface area contributed by atoms with Gasteiger partial charge in [-0.25, -0.2) is 26.9 Å². The highest BCUT2D eigenvalue weighted by atomic mass is 35.5. The molecule has 4 aliphatic rings.